The molecule has 1 N–H and O–H groups in total. The molecule has 1 aliphatic rings. The maximum absolute atomic E-state index is 3.47. The molecule has 0 bridgehead atoms. The molecule has 1 aromatic carbocycles. The predicted octanol–water partition coefficient (Wildman–Crippen LogP) is 2.74. The number of halogens is 1. The molecule has 1 saturated heterocycles. The third-order valence-electron chi connectivity index (χ3n) is 3.59. The van der Waals surface area contributed by atoms with Crippen molar-refractivity contribution in [3.05, 3.63) is 34.3 Å². The van der Waals surface area contributed by atoms with Crippen molar-refractivity contribution in [3.8, 4) is 0 Å². The summed E-state index contributed by atoms with van der Waals surface area (Å²) in [4.78, 5) is 2.43. The molecule has 94 valence electrons. The fraction of sp³-hybridized carbons (Fsp3) is 0.571. The van der Waals surface area contributed by atoms with Gasteiger partial charge in [0.25, 0.3) is 0 Å². The van der Waals surface area contributed by atoms with Crippen molar-refractivity contribution in [2.75, 3.05) is 26.7 Å². The zero-order valence-electron chi connectivity index (χ0n) is 10.6. The van der Waals surface area contributed by atoms with Crippen LogP contribution in [0.5, 0.6) is 0 Å². The Bertz CT molecular complexity index is 350. The highest BCUT2D eigenvalue weighted by atomic mass is 79.9. The molecule has 2 rings (SSSR count). The molecular weight excluding hydrogens is 276 g/mol. The monoisotopic (exact) mass is 296 g/mol. The van der Waals surface area contributed by atoms with E-state index in [2.05, 4.69) is 64.4 Å². The van der Waals surface area contributed by atoms with E-state index in [-0.39, 0.29) is 0 Å². The second kappa shape index (κ2) is 5.98. The van der Waals surface area contributed by atoms with Crippen LogP contribution in [0.25, 0.3) is 0 Å². The average molecular weight is 297 g/mol. The summed E-state index contributed by atoms with van der Waals surface area (Å²) < 4.78 is 1.15. The molecule has 1 aromatic rings. The van der Waals surface area contributed by atoms with Crippen LogP contribution in [0.2, 0.25) is 0 Å². The number of nitrogens with one attached hydrogen (secondary N) is 1. The van der Waals surface area contributed by atoms with Crippen LogP contribution in [-0.2, 0) is 6.54 Å². The van der Waals surface area contributed by atoms with Gasteiger partial charge in [-0.05, 0) is 49.7 Å². The molecule has 0 unspecified atom stereocenters. The van der Waals surface area contributed by atoms with E-state index in [4.69, 9.17) is 0 Å². The molecule has 0 radical (unpaired) electrons. The fourth-order valence-corrected chi connectivity index (χ4v) is 2.74. The predicted molar refractivity (Wildman–Crippen MR) is 76.0 cm³/mol. The van der Waals surface area contributed by atoms with Crippen LogP contribution in [0.15, 0.2) is 28.7 Å². The standard InChI is InChI=1S/C14H21BrN2/c1-11-7-16-8-13(11)10-17(2)9-12-3-5-14(15)6-4-12/h3-6,11,13,16H,7-10H2,1-2H3/t11-,13+/m1/s1. The summed E-state index contributed by atoms with van der Waals surface area (Å²) in [7, 11) is 2.22. The summed E-state index contributed by atoms with van der Waals surface area (Å²) in [5.74, 6) is 1.61. The van der Waals surface area contributed by atoms with Gasteiger partial charge in [-0.15, -0.1) is 0 Å². The molecule has 0 aliphatic carbocycles. The van der Waals surface area contributed by atoms with Crippen molar-refractivity contribution < 1.29 is 0 Å². The molecule has 0 saturated carbocycles. The van der Waals surface area contributed by atoms with Crippen LogP contribution in [0, 0.1) is 11.8 Å². The van der Waals surface area contributed by atoms with Gasteiger partial charge in [0.1, 0.15) is 0 Å². The quantitative estimate of drug-likeness (QED) is 0.919. The zero-order valence-corrected chi connectivity index (χ0v) is 12.2. The van der Waals surface area contributed by atoms with E-state index in [1.807, 2.05) is 0 Å². The lowest BCUT2D eigenvalue weighted by Gasteiger charge is -2.23. The first kappa shape index (κ1) is 13.1. The van der Waals surface area contributed by atoms with E-state index in [0.717, 1.165) is 22.9 Å². The van der Waals surface area contributed by atoms with Gasteiger partial charge < -0.3 is 10.2 Å². The van der Waals surface area contributed by atoms with Crippen molar-refractivity contribution in [1.29, 1.82) is 0 Å². The topological polar surface area (TPSA) is 15.3 Å². The van der Waals surface area contributed by atoms with Gasteiger partial charge in [0.05, 0.1) is 0 Å². The maximum Gasteiger partial charge on any atom is 0.0230 e. The van der Waals surface area contributed by atoms with Gasteiger partial charge in [-0.2, -0.15) is 0 Å². The van der Waals surface area contributed by atoms with E-state index >= 15 is 0 Å². The fourth-order valence-electron chi connectivity index (χ4n) is 2.48. The molecule has 1 aliphatic heterocycles. The molecule has 17 heavy (non-hydrogen) atoms. The lowest BCUT2D eigenvalue weighted by atomic mass is 9.97. The summed E-state index contributed by atoms with van der Waals surface area (Å²) in [5.41, 5.74) is 1.38. The Hall–Kier alpha value is -0.380. The SMILES string of the molecule is C[C@@H]1CNC[C@H]1CN(C)Cc1ccc(Br)cc1. The van der Waals surface area contributed by atoms with Gasteiger partial charge in [-0.3, -0.25) is 0 Å². The molecule has 0 amide bonds. The highest BCUT2D eigenvalue weighted by molar-refractivity contribution is 9.10. The van der Waals surface area contributed by atoms with Crippen LogP contribution < -0.4 is 5.32 Å². The average Bonchev–Trinajstić information content (AvgIpc) is 2.68. The van der Waals surface area contributed by atoms with E-state index in [0.29, 0.717) is 0 Å². The Morgan fingerprint density at radius 2 is 2.00 bits per heavy atom. The molecule has 1 heterocycles. The zero-order chi connectivity index (χ0) is 12.3. The van der Waals surface area contributed by atoms with Crippen LogP contribution in [0.1, 0.15) is 12.5 Å². The molecule has 3 heteroatoms. The minimum atomic E-state index is 0.801. The van der Waals surface area contributed by atoms with Crippen LogP contribution in [0.3, 0.4) is 0 Å². The van der Waals surface area contributed by atoms with Crippen molar-refractivity contribution in [2.45, 2.75) is 13.5 Å². The van der Waals surface area contributed by atoms with Crippen molar-refractivity contribution >= 4 is 15.9 Å². The van der Waals surface area contributed by atoms with E-state index in [1.54, 1.807) is 0 Å². The Morgan fingerprint density at radius 3 is 2.59 bits per heavy atom. The number of hydrogen-bond acceptors (Lipinski definition) is 2. The Balaban J connectivity index is 1.84. The first-order valence-electron chi connectivity index (χ1n) is 6.29. The summed E-state index contributed by atoms with van der Waals surface area (Å²) in [6.07, 6.45) is 0. The van der Waals surface area contributed by atoms with Gasteiger partial charge in [-0.25, -0.2) is 0 Å². The number of rotatable bonds is 4. The maximum atomic E-state index is 3.47. The first-order valence-corrected chi connectivity index (χ1v) is 7.08. The van der Waals surface area contributed by atoms with Gasteiger partial charge in [0.15, 0.2) is 0 Å². The van der Waals surface area contributed by atoms with Crippen LogP contribution in [0.4, 0.5) is 0 Å². The molecule has 0 aromatic heterocycles. The highest BCUT2D eigenvalue weighted by Crippen LogP contribution is 2.18. The van der Waals surface area contributed by atoms with Crippen LogP contribution in [-0.4, -0.2) is 31.6 Å². The summed E-state index contributed by atoms with van der Waals surface area (Å²) >= 11 is 3.47. The van der Waals surface area contributed by atoms with E-state index in [9.17, 15) is 0 Å². The summed E-state index contributed by atoms with van der Waals surface area (Å²) in [5, 5.41) is 3.47. The Kier molecular flexibility index (Phi) is 4.60. The number of nitrogens with zero attached hydrogens (tertiary/aromatic N) is 1. The number of benzene rings is 1. The smallest absolute Gasteiger partial charge is 0.0230 e. The van der Waals surface area contributed by atoms with Crippen LogP contribution >= 0.6 is 15.9 Å². The third kappa shape index (κ3) is 3.80. The lowest BCUT2D eigenvalue weighted by molar-refractivity contribution is 0.252. The van der Waals surface area contributed by atoms with Gasteiger partial charge in [-0.1, -0.05) is 35.0 Å². The van der Waals surface area contributed by atoms with Crippen molar-refractivity contribution in [1.82, 2.24) is 10.2 Å². The van der Waals surface area contributed by atoms with Gasteiger partial charge in [0.2, 0.25) is 0 Å². The number of hydrogen-bond donors (Lipinski definition) is 1. The Morgan fingerprint density at radius 1 is 1.29 bits per heavy atom. The lowest BCUT2D eigenvalue weighted by Crippen LogP contribution is -2.28. The molecule has 1 fully saturated rings. The molecule has 0 spiro atoms. The first-order chi connectivity index (χ1) is 8.15. The minimum Gasteiger partial charge on any atom is -0.316 e. The molecular formula is C14H21BrN2. The summed E-state index contributed by atoms with van der Waals surface area (Å²) in [6.45, 7) is 6.92. The van der Waals surface area contributed by atoms with Crippen molar-refractivity contribution in [2.24, 2.45) is 11.8 Å². The van der Waals surface area contributed by atoms with E-state index in [1.165, 1.54) is 25.2 Å². The largest absolute Gasteiger partial charge is 0.316 e. The second-order valence-electron chi connectivity index (χ2n) is 5.22. The second-order valence-corrected chi connectivity index (χ2v) is 6.13. The van der Waals surface area contributed by atoms with Gasteiger partial charge >= 0.3 is 0 Å². The molecule has 2 atom stereocenters. The van der Waals surface area contributed by atoms with Gasteiger partial charge in [0, 0.05) is 17.6 Å². The van der Waals surface area contributed by atoms with E-state index < -0.39 is 0 Å². The highest BCUT2D eigenvalue weighted by Gasteiger charge is 2.23. The molecule has 2 nitrogen and oxygen atoms in total. The summed E-state index contributed by atoms with van der Waals surface area (Å²) in [6, 6.07) is 8.61. The van der Waals surface area contributed by atoms with Crippen molar-refractivity contribution in [3.63, 3.8) is 0 Å². The minimum absolute atomic E-state index is 0.801. The Labute approximate surface area is 113 Å². The third-order valence-corrected chi connectivity index (χ3v) is 4.12. The normalized spacial score (nSPS) is 24.5.